The Morgan fingerprint density at radius 1 is 1.43 bits per heavy atom. The van der Waals surface area contributed by atoms with Crippen LogP contribution in [-0.4, -0.2) is 6.04 Å². The van der Waals surface area contributed by atoms with Gasteiger partial charge in [0.05, 0.1) is 0 Å². The molecule has 1 aliphatic carbocycles. The molecular formula is C12H18N2. The van der Waals surface area contributed by atoms with Crippen molar-refractivity contribution in [3.63, 3.8) is 0 Å². The summed E-state index contributed by atoms with van der Waals surface area (Å²) in [6.45, 7) is 3.16. The molecule has 2 rings (SSSR count). The second-order valence-corrected chi connectivity index (χ2v) is 4.09. The smallest absolute Gasteiger partial charge is 0.0359 e. The van der Waals surface area contributed by atoms with E-state index in [9.17, 15) is 0 Å². The zero-order valence-corrected chi connectivity index (χ0v) is 8.66. The van der Waals surface area contributed by atoms with E-state index in [1.807, 2.05) is 18.2 Å². The summed E-state index contributed by atoms with van der Waals surface area (Å²) in [5.41, 5.74) is 7.97. The normalized spacial score (nSPS) is 24.9. The van der Waals surface area contributed by atoms with Gasteiger partial charge < -0.3 is 11.1 Å². The van der Waals surface area contributed by atoms with Crippen molar-refractivity contribution in [2.45, 2.75) is 32.4 Å². The molecule has 3 N–H and O–H groups in total. The molecule has 0 bridgehead atoms. The first-order valence-corrected chi connectivity index (χ1v) is 5.38. The van der Waals surface area contributed by atoms with Crippen LogP contribution >= 0.6 is 0 Å². The van der Waals surface area contributed by atoms with E-state index in [1.54, 1.807) is 0 Å². The van der Waals surface area contributed by atoms with Gasteiger partial charge in [0.25, 0.3) is 0 Å². The topological polar surface area (TPSA) is 38.0 Å². The lowest BCUT2D eigenvalue weighted by Crippen LogP contribution is -2.18. The number of para-hydroxylation sites is 1. The molecule has 2 atom stereocenters. The van der Waals surface area contributed by atoms with Crippen LogP contribution in [0.1, 0.15) is 25.3 Å². The molecule has 0 amide bonds. The summed E-state index contributed by atoms with van der Waals surface area (Å²) in [6.07, 6.45) is 2.63. The molecule has 14 heavy (non-hydrogen) atoms. The van der Waals surface area contributed by atoms with Gasteiger partial charge in [0.1, 0.15) is 0 Å². The maximum atomic E-state index is 5.85. The summed E-state index contributed by atoms with van der Waals surface area (Å²) >= 11 is 0. The van der Waals surface area contributed by atoms with Gasteiger partial charge in [-0.1, -0.05) is 31.5 Å². The van der Waals surface area contributed by atoms with E-state index >= 15 is 0 Å². The van der Waals surface area contributed by atoms with Crippen molar-refractivity contribution >= 4 is 5.69 Å². The van der Waals surface area contributed by atoms with Crippen molar-refractivity contribution < 1.29 is 0 Å². The van der Waals surface area contributed by atoms with Crippen molar-refractivity contribution in [3.05, 3.63) is 29.8 Å². The van der Waals surface area contributed by atoms with E-state index in [1.165, 1.54) is 18.4 Å². The Morgan fingerprint density at radius 3 is 2.86 bits per heavy atom. The van der Waals surface area contributed by atoms with Crippen LogP contribution in [-0.2, 0) is 6.54 Å². The molecule has 0 aromatic heterocycles. The zero-order chi connectivity index (χ0) is 9.97. The third kappa shape index (κ3) is 2.07. The Kier molecular flexibility index (Phi) is 2.73. The number of nitrogens with one attached hydrogen (secondary N) is 1. The van der Waals surface area contributed by atoms with E-state index in [2.05, 4.69) is 18.3 Å². The Labute approximate surface area is 85.5 Å². The fourth-order valence-electron chi connectivity index (χ4n) is 1.89. The fourth-order valence-corrected chi connectivity index (χ4v) is 1.89. The van der Waals surface area contributed by atoms with Gasteiger partial charge in [-0.15, -0.1) is 0 Å². The molecule has 2 nitrogen and oxygen atoms in total. The van der Waals surface area contributed by atoms with Crippen LogP contribution in [0.3, 0.4) is 0 Å². The van der Waals surface area contributed by atoms with Crippen LogP contribution < -0.4 is 11.1 Å². The van der Waals surface area contributed by atoms with Crippen LogP contribution in [0.4, 0.5) is 5.69 Å². The van der Waals surface area contributed by atoms with E-state index in [0.717, 1.165) is 24.2 Å². The predicted octanol–water partition coefficient (Wildman–Crippen LogP) is 2.16. The number of nitrogens with two attached hydrogens (primary N) is 1. The van der Waals surface area contributed by atoms with Gasteiger partial charge in [-0.25, -0.2) is 0 Å². The van der Waals surface area contributed by atoms with Gasteiger partial charge in [-0.2, -0.15) is 0 Å². The van der Waals surface area contributed by atoms with Crippen LogP contribution in [0, 0.1) is 5.92 Å². The summed E-state index contributed by atoms with van der Waals surface area (Å²) in [5, 5.41) is 3.53. The average molecular weight is 190 g/mol. The molecule has 0 aliphatic heterocycles. The average Bonchev–Trinajstić information content (AvgIpc) is 2.95. The van der Waals surface area contributed by atoms with Gasteiger partial charge in [-0.3, -0.25) is 0 Å². The Balaban J connectivity index is 1.84. The molecule has 0 spiro atoms. The molecule has 1 fully saturated rings. The third-order valence-corrected chi connectivity index (χ3v) is 3.06. The largest absolute Gasteiger partial charge is 0.398 e. The standard InChI is InChI=1S/C12H18N2/c1-2-9-7-12(9)14-8-10-5-3-4-6-11(10)13/h3-6,9,12,14H,2,7-8,13H2,1H3. The van der Waals surface area contributed by atoms with Crippen LogP contribution in [0.2, 0.25) is 0 Å². The van der Waals surface area contributed by atoms with Gasteiger partial charge in [-0.05, 0) is 24.0 Å². The highest BCUT2D eigenvalue weighted by molar-refractivity contribution is 5.46. The van der Waals surface area contributed by atoms with Crippen LogP contribution in [0.5, 0.6) is 0 Å². The lowest BCUT2D eigenvalue weighted by Gasteiger charge is -2.06. The fraction of sp³-hybridized carbons (Fsp3) is 0.500. The van der Waals surface area contributed by atoms with Crippen LogP contribution in [0.25, 0.3) is 0 Å². The summed E-state index contributed by atoms with van der Waals surface area (Å²) in [5.74, 6) is 0.903. The Morgan fingerprint density at radius 2 is 2.21 bits per heavy atom. The minimum absolute atomic E-state index is 0.736. The first-order valence-electron chi connectivity index (χ1n) is 5.38. The molecule has 0 heterocycles. The number of nitrogen functional groups attached to an aromatic ring is 1. The number of benzene rings is 1. The highest BCUT2D eigenvalue weighted by atomic mass is 15.0. The molecular weight excluding hydrogens is 172 g/mol. The molecule has 2 heteroatoms. The summed E-state index contributed by atoms with van der Waals surface area (Å²) < 4.78 is 0. The van der Waals surface area contributed by atoms with Gasteiger partial charge in [0.15, 0.2) is 0 Å². The maximum absolute atomic E-state index is 5.85. The number of rotatable bonds is 4. The molecule has 0 saturated heterocycles. The summed E-state index contributed by atoms with van der Waals surface area (Å²) in [6, 6.07) is 8.80. The van der Waals surface area contributed by atoms with E-state index in [-0.39, 0.29) is 0 Å². The Hall–Kier alpha value is -1.02. The third-order valence-electron chi connectivity index (χ3n) is 3.06. The van der Waals surface area contributed by atoms with Crippen molar-refractivity contribution in [3.8, 4) is 0 Å². The van der Waals surface area contributed by atoms with Crippen molar-refractivity contribution in [2.75, 3.05) is 5.73 Å². The van der Waals surface area contributed by atoms with Crippen molar-refractivity contribution in [1.82, 2.24) is 5.32 Å². The first kappa shape index (κ1) is 9.53. The van der Waals surface area contributed by atoms with Crippen molar-refractivity contribution in [1.29, 1.82) is 0 Å². The number of anilines is 1. The number of hydrogen-bond donors (Lipinski definition) is 2. The Bertz CT molecular complexity index is 309. The molecule has 76 valence electrons. The monoisotopic (exact) mass is 190 g/mol. The SMILES string of the molecule is CCC1CC1NCc1ccccc1N. The van der Waals surface area contributed by atoms with Crippen LogP contribution in [0.15, 0.2) is 24.3 Å². The second kappa shape index (κ2) is 4.01. The van der Waals surface area contributed by atoms with Gasteiger partial charge in [0.2, 0.25) is 0 Å². The first-order chi connectivity index (χ1) is 6.81. The van der Waals surface area contributed by atoms with E-state index in [0.29, 0.717) is 0 Å². The van der Waals surface area contributed by atoms with E-state index in [4.69, 9.17) is 5.73 Å². The second-order valence-electron chi connectivity index (χ2n) is 4.09. The molecule has 2 unspecified atom stereocenters. The highest BCUT2D eigenvalue weighted by Gasteiger charge is 2.34. The zero-order valence-electron chi connectivity index (χ0n) is 8.66. The lowest BCUT2D eigenvalue weighted by atomic mass is 10.2. The lowest BCUT2D eigenvalue weighted by molar-refractivity contribution is 0.624. The predicted molar refractivity (Wildman–Crippen MR) is 59.9 cm³/mol. The molecule has 1 aromatic carbocycles. The van der Waals surface area contributed by atoms with Gasteiger partial charge >= 0.3 is 0 Å². The minimum atomic E-state index is 0.736. The van der Waals surface area contributed by atoms with E-state index < -0.39 is 0 Å². The minimum Gasteiger partial charge on any atom is -0.398 e. The maximum Gasteiger partial charge on any atom is 0.0359 e. The highest BCUT2D eigenvalue weighted by Crippen LogP contribution is 2.33. The molecule has 1 aromatic rings. The quantitative estimate of drug-likeness (QED) is 0.714. The molecule has 1 saturated carbocycles. The molecule has 0 radical (unpaired) electrons. The number of hydrogen-bond acceptors (Lipinski definition) is 2. The van der Waals surface area contributed by atoms with Gasteiger partial charge in [0, 0.05) is 18.3 Å². The van der Waals surface area contributed by atoms with Crippen molar-refractivity contribution in [2.24, 2.45) is 5.92 Å². The summed E-state index contributed by atoms with van der Waals surface area (Å²) in [7, 11) is 0. The molecule has 1 aliphatic rings. The summed E-state index contributed by atoms with van der Waals surface area (Å²) in [4.78, 5) is 0.